The lowest BCUT2D eigenvalue weighted by atomic mass is 10.0. The van der Waals surface area contributed by atoms with Crippen molar-refractivity contribution in [2.45, 2.75) is 219 Å². The van der Waals surface area contributed by atoms with Crippen LogP contribution < -0.4 is 0 Å². The predicted octanol–water partition coefficient (Wildman–Crippen LogP) is 13.7. The van der Waals surface area contributed by atoms with Crippen LogP contribution in [0.3, 0.4) is 0 Å². The van der Waals surface area contributed by atoms with Crippen LogP contribution in [0.1, 0.15) is 219 Å². The van der Waals surface area contributed by atoms with Crippen LogP contribution in [0.4, 0.5) is 0 Å². The predicted molar refractivity (Wildman–Crippen MR) is 214 cm³/mol. The standard InChI is InChI=1S/C44H94N2O/c1-7-9-11-13-15-17-19-21-23-25-27-29-31-33-35-37-39-45(3,4)41-43-47-44-42-46(5,6)40-38-36-34-32-30-28-26-24-22-20-18-16-14-12-10-8-2/h7-44H2,1-6H3/q+2. The highest BCUT2D eigenvalue weighted by Gasteiger charge is 2.16. The number of hydrogen-bond acceptors (Lipinski definition) is 1. The van der Waals surface area contributed by atoms with Gasteiger partial charge in [0.05, 0.1) is 54.5 Å². The Morgan fingerprint density at radius 1 is 0.255 bits per heavy atom. The smallest absolute Gasteiger partial charge is 0.102 e. The zero-order valence-corrected chi connectivity index (χ0v) is 34.2. The van der Waals surface area contributed by atoms with Crippen LogP contribution in [0.2, 0.25) is 0 Å². The second-order valence-corrected chi connectivity index (χ2v) is 17.0. The molecule has 0 unspecified atom stereocenters. The summed E-state index contributed by atoms with van der Waals surface area (Å²) in [5.74, 6) is 0. The Morgan fingerprint density at radius 3 is 0.660 bits per heavy atom. The first-order chi connectivity index (χ1) is 22.8. The lowest BCUT2D eigenvalue weighted by Crippen LogP contribution is -2.45. The van der Waals surface area contributed by atoms with E-state index in [9.17, 15) is 0 Å². The maximum Gasteiger partial charge on any atom is 0.102 e. The molecular weight excluding hydrogens is 572 g/mol. The van der Waals surface area contributed by atoms with Crippen LogP contribution in [0.5, 0.6) is 0 Å². The minimum atomic E-state index is 0.908. The van der Waals surface area contributed by atoms with Gasteiger partial charge in [0.25, 0.3) is 0 Å². The summed E-state index contributed by atoms with van der Waals surface area (Å²) in [6, 6.07) is 0. The Bertz CT molecular complexity index is 539. The highest BCUT2D eigenvalue weighted by atomic mass is 16.5. The zero-order chi connectivity index (χ0) is 34.6. The molecule has 0 spiro atoms. The second-order valence-electron chi connectivity index (χ2n) is 17.0. The number of ether oxygens (including phenoxy) is 1. The molecule has 3 heteroatoms. The molecule has 0 aromatic carbocycles. The van der Waals surface area contributed by atoms with E-state index in [0.717, 1.165) is 35.3 Å². The van der Waals surface area contributed by atoms with Gasteiger partial charge in [-0.1, -0.05) is 194 Å². The van der Waals surface area contributed by atoms with Crippen LogP contribution in [0, 0.1) is 0 Å². The molecule has 0 aromatic rings. The zero-order valence-electron chi connectivity index (χ0n) is 34.2. The van der Waals surface area contributed by atoms with Crippen molar-refractivity contribution in [3.05, 3.63) is 0 Å². The Morgan fingerprint density at radius 2 is 0.447 bits per heavy atom. The molecule has 0 amide bonds. The number of nitrogens with zero attached hydrogens (tertiary/aromatic N) is 2. The SMILES string of the molecule is CCCCCCCCCCCCCCCCCC[N+](C)(C)CCOCC[N+](C)(C)CCCCCCCCCCCCCCCCCC. The molecular formula is C44H94N2O+2. The largest absolute Gasteiger partial charge is 0.370 e. The van der Waals surface area contributed by atoms with Gasteiger partial charge in [-0.3, -0.25) is 0 Å². The van der Waals surface area contributed by atoms with E-state index in [1.54, 1.807) is 0 Å². The number of unbranched alkanes of at least 4 members (excludes halogenated alkanes) is 30. The number of likely N-dealkylation sites (N-methyl/N-ethyl adjacent to an activating group) is 2. The summed E-state index contributed by atoms with van der Waals surface area (Å²) >= 11 is 0. The van der Waals surface area contributed by atoms with Crippen molar-refractivity contribution < 1.29 is 13.7 Å². The third-order valence-corrected chi connectivity index (χ3v) is 10.9. The third-order valence-electron chi connectivity index (χ3n) is 10.9. The van der Waals surface area contributed by atoms with Crippen molar-refractivity contribution in [1.29, 1.82) is 0 Å². The van der Waals surface area contributed by atoms with E-state index in [-0.39, 0.29) is 0 Å². The molecule has 0 radical (unpaired) electrons. The molecule has 0 fully saturated rings. The maximum atomic E-state index is 6.14. The first-order valence-corrected chi connectivity index (χ1v) is 22.0. The molecule has 0 N–H and O–H groups in total. The molecule has 0 atom stereocenters. The van der Waals surface area contributed by atoms with Crippen molar-refractivity contribution in [3.8, 4) is 0 Å². The Kier molecular flexibility index (Phi) is 35.6. The summed E-state index contributed by atoms with van der Waals surface area (Å²) in [4.78, 5) is 0. The van der Waals surface area contributed by atoms with Gasteiger partial charge in [-0.2, -0.15) is 0 Å². The van der Waals surface area contributed by atoms with Crippen LogP contribution in [0.15, 0.2) is 0 Å². The van der Waals surface area contributed by atoms with E-state index in [4.69, 9.17) is 4.74 Å². The summed E-state index contributed by atoms with van der Waals surface area (Å²) in [6.07, 6.45) is 46.3. The molecule has 0 aliphatic rings. The third kappa shape index (κ3) is 38.5. The molecule has 0 saturated carbocycles. The molecule has 0 aliphatic heterocycles. The number of hydrogen-bond donors (Lipinski definition) is 0. The number of quaternary nitrogens is 2. The summed E-state index contributed by atoms with van der Waals surface area (Å²) in [5.41, 5.74) is 0. The van der Waals surface area contributed by atoms with Crippen LogP contribution in [-0.2, 0) is 4.74 Å². The minimum absolute atomic E-state index is 0.908. The quantitative estimate of drug-likeness (QED) is 0.0467. The molecule has 284 valence electrons. The Balaban J connectivity index is 3.46. The van der Waals surface area contributed by atoms with E-state index >= 15 is 0 Å². The summed E-state index contributed by atoms with van der Waals surface area (Å²) in [7, 11) is 9.58. The van der Waals surface area contributed by atoms with E-state index < -0.39 is 0 Å². The summed E-state index contributed by atoms with van der Waals surface area (Å²) < 4.78 is 8.35. The summed E-state index contributed by atoms with van der Waals surface area (Å²) in [5, 5.41) is 0. The van der Waals surface area contributed by atoms with E-state index in [2.05, 4.69) is 42.0 Å². The summed E-state index contributed by atoms with van der Waals surface area (Å²) in [6.45, 7) is 11.3. The first kappa shape index (κ1) is 46.9. The van der Waals surface area contributed by atoms with Gasteiger partial charge in [0, 0.05) is 0 Å². The molecule has 3 nitrogen and oxygen atoms in total. The van der Waals surface area contributed by atoms with Crippen molar-refractivity contribution in [3.63, 3.8) is 0 Å². The fourth-order valence-electron chi connectivity index (χ4n) is 7.12. The number of rotatable bonds is 40. The highest BCUT2D eigenvalue weighted by molar-refractivity contribution is 4.52. The van der Waals surface area contributed by atoms with Crippen molar-refractivity contribution in [2.75, 3.05) is 67.6 Å². The monoisotopic (exact) mass is 667 g/mol. The maximum absolute atomic E-state index is 6.14. The van der Waals surface area contributed by atoms with E-state index in [1.165, 1.54) is 219 Å². The molecule has 0 heterocycles. The van der Waals surface area contributed by atoms with Crippen LogP contribution >= 0.6 is 0 Å². The van der Waals surface area contributed by atoms with Crippen molar-refractivity contribution in [1.82, 2.24) is 0 Å². The Hall–Kier alpha value is -0.120. The van der Waals surface area contributed by atoms with Gasteiger partial charge in [-0.15, -0.1) is 0 Å². The molecule has 0 aromatic heterocycles. The van der Waals surface area contributed by atoms with Gasteiger partial charge < -0.3 is 13.7 Å². The topological polar surface area (TPSA) is 9.23 Å². The van der Waals surface area contributed by atoms with E-state index in [1.807, 2.05) is 0 Å². The second kappa shape index (κ2) is 35.7. The van der Waals surface area contributed by atoms with Gasteiger partial charge in [0.2, 0.25) is 0 Å². The van der Waals surface area contributed by atoms with E-state index in [0.29, 0.717) is 0 Å². The minimum Gasteiger partial charge on any atom is -0.370 e. The van der Waals surface area contributed by atoms with Gasteiger partial charge >= 0.3 is 0 Å². The fourth-order valence-corrected chi connectivity index (χ4v) is 7.12. The van der Waals surface area contributed by atoms with Gasteiger partial charge in [0.15, 0.2) is 0 Å². The Labute approximate surface area is 299 Å². The lowest BCUT2D eigenvalue weighted by Gasteiger charge is -2.31. The molecule has 47 heavy (non-hydrogen) atoms. The highest BCUT2D eigenvalue weighted by Crippen LogP contribution is 2.16. The fraction of sp³-hybridized carbons (Fsp3) is 1.00. The van der Waals surface area contributed by atoms with Gasteiger partial charge in [-0.05, 0) is 25.7 Å². The van der Waals surface area contributed by atoms with Crippen molar-refractivity contribution >= 4 is 0 Å². The molecule has 0 bridgehead atoms. The van der Waals surface area contributed by atoms with Crippen LogP contribution in [0.25, 0.3) is 0 Å². The first-order valence-electron chi connectivity index (χ1n) is 22.0. The van der Waals surface area contributed by atoms with Crippen molar-refractivity contribution in [2.24, 2.45) is 0 Å². The van der Waals surface area contributed by atoms with Crippen LogP contribution in [-0.4, -0.2) is 76.5 Å². The molecule has 0 saturated heterocycles. The lowest BCUT2D eigenvalue weighted by molar-refractivity contribution is -0.894. The van der Waals surface area contributed by atoms with Gasteiger partial charge in [-0.25, -0.2) is 0 Å². The normalized spacial score (nSPS) is 12.4. The average Bonchev–Trinajstić information content (AvgIpc) is 3.04. The molecule has 0 aliphatic carbocycles. The average molecular weight is 667 g/mol. The van der Waals surface area contributed by atoms with Gasteiger partial charge in [0.1, 0.15) is 13.1 Å². The molecule has 0 rings (SSSR count).